The molecule has 0 saturated carbocycles. The second-order valence-corrected chi connectivity index (χ2v) is 6.29. The summed E-state index contributed by atoms with van der Waals surface area (Å²) in [6, 6.07) is 15.2. The van der Waals surface area contributed by atoms with Gasteiger partial charge in [-0.05, 0) is 36.6 Å². The van der Waals surface area contributed by atoms with Gasteiger partial charge in [-0.25, -0.2) is 4.79 Å². The number of rotatable bonds is 1. The molecule has 0 spiro atoms. The van der Waals surface area contributed by atoms with Crippen molar-refractivity contribution in [2.24, 2.45) is 0 Å². The van der Waals surface area contributed by atoms with Crippen LogP contribution in [0.4, 0.5) is 5.69 Å². The fourth-order valence-corrected chi connectivity index (χ4v) is 3.49. The van der Waals surface area contributed by atoms with Gasteiger partial charge in [0, 0.05) is 18.7 Å². The number of hydrogen-bond acceptors (Lipinski definition) is 3. The van der Waals surface area contributed by atoms with E-state index in [1.807, 2.05) is 36.4 Å². The van der Waals surface area contributed by atoms with E-state index in [0.717, 1.165) is 23.2 Å². The number of cyclic esters (lactones) is 1. The van der Waals surface area contributed by atoms with E-state index in [1.54, 1.807) is 24.0 Å². The van der Waals surface area contributed by atoms with Crippen molar-refractivity contribution >= 4 is 17.6 Å². The summed E-state index contributed by atoms with van der Waals surface area (Å²) in [5.41, 5.74) is 2.36. The molecule has 0 radical (unpaired) electrons. The minimum atomic E-state index is -1.15. The monoisotopic (exact) mass is 307 g/mol. The third kappa shape index (κ3) is 2.13. The molecule has 0 bridgehead atoms. The van der Waals surface area contributed by atoms with Gasteiger partial charge in [0.25, 0.3) is 5.91 Å². The van der Waals surface area contributed by atoms with Gasteiger partial charge in [-0.1, -0.05) is 36.4 Å². The second-order valence-electron chi connectivity index (χ2n) is 6.29. The molecule has 4 rings (SSSR count). The molecule has 2 aromatic carbocycles. The molecule has 0 fully saturated rings. The van der Waals surface area contributed by atoms with Crippen LogP contribution in [-0.4, -0.2) is 24.0 Å². The smallest absolute Gasteiger partial charge is 0.339 e. The quantitative estimate of drug-likeness (QED) is 0.761. The molecule has 2 aliphatic rings. The van der Waals surface area contributed by atoms with Crippen LogP contribution in [-0.2, 0) is 22.4 Å². The Hall–Kier alpha value is -2.62. The van der Waals surface area contributed by atoms with Crippen LogP contribution in [0.1, 0.15) is 28.4 Å². The summed E-state index contributed by atoms with van der Waals surface area (Å²) in [4.78, 5) is 27.1. The molecule has 23 heavy (non-hydrogen) atoms. The first-order chi connectivity index (χ1) is 11.1. The van der Waals surface area contributed by atoms with Crippen molar-refractivity contribution in [3.63, 3.8) is 0 Å². The van der Waals surface area contributed by atoms with E-state index in [-0.39, 0.29) is 5.91 Å². The lowest BCUT2D eigenvalue weighted by Gasteiger charge is -2.36. The lowest BCUT2D eigenvalue weighted by atomic mass is 9.89. The number of esters is 1. The molecule has 1 amide bonds. The van der Waals surface area contributed by atoms with E-state index in [9.17, 15) is 9.59 Å². The molecular formula is C19H17NO3. The zero-order valence-electron chi connectivity index (χ0n) is 12.9. The van der Waals surface area contributed by atoms with E-state index in [2.05, 4.69) is 0 Å². The van der Waals surface area contributed by atoms with Gasteiger partial charge >= 0.3 is 5.97 Å². The average Bonchev–Trinajstić information content (AvgIpc) is 2.98. The number of nitrogens with zero attached hydrogens (tertiary/aromatic N) is 1. The van der Waals surface area contributed by atoms with E-state index < -0.39 is 11.6 Å². The predicted octanol–water partition coefficient (Wildman–Crippen LogP) is 2.75. The molecule has 2 heterocycles. The maximum Gasteiger partial charge on any atom is 0.339 e. The van der Waals surface area contributed by atoms with Crippen LogP contribution in [0.3, 0.4) is 0 Å². The molecule has 1 unspecified atom stereocenters. The third-order valence-electron chi connectivity index (χ3n) is 4.67. The summed E-state index contributed by atoms with van der Waals surface area (Å²) in [6.45, 7) is 2.34. The minimum absolute atomic E-state index is 0.148. The average molecular weight is 307 g/mol. The van der Waals surface area contributed by atoms with E-state index >= 15 is 0 Å². The van der Waals surface area contributed by atoms with Crippen LogP contribution < -0.4 is 4.90 Å². The molecule has 0 aromatic heterocycles. The van der Waals surface area contributed by atoms with Gasteiger partial charge in [0.1, 0.15) is 0 Å². The van der Waals surface area contributed by atoms with E-state index in [0.29, 0.717) is 18.5 Å². The number of amides is 1. The minimum Gasteiger partial charge on any atom is -0.445 e. The van der Waals surface area contributed by atoms with Crippen LogP contribution in [0.25, 0.3) is 0 Å². The molecule has 116 valence electrons. The molecule has 4 heteroatoms. The van der Waals surface area contributed by atoms with Crippen molar-refractivity contribution in [1.82, 2.24) is 0 Å². The molecule has 4 nitrogen and oxygen atoms in total. The van der Waals surface area contributed by atoms with Gasteiger partial charge in [0.05, 0.1) is 5.56 Å². The van der Waals surface area contributed by atoms with Gasteiger partial charge in [-0.2, -0.15) is 0 Å². The van der Waals surface area contributed by atoms with Crippen LogP contribution in [0, 0.1) is 0 Å². The fourth-order valence-electron chi connectivity index (χ4n) is 3.49. The Kier molecular flexibility index (Phi) is 3.01. The Morgan fingerprint density at radius 3 is 2.61 bits per heavy atom. The highest BCUT2D eigenvalue weighted by Gasteiger charge is 2.46. The van der Waals surface area contributed by atoms with Gasteiger partial charge in [-0.15, -0.1) is 0 Å². The Labute approximate surface area is 134 Å². The van der Waals surface area contributed by atoms with Crippen molar-refractivity contribution in [1.29, 1.82) is 0 Å². The summed E-state index contributed by atoms with van der Waals surface area (Å²) in [6.07, 6.45) is 1.24. The first kappa shape index (κ1) is 14.0. The maximum absolute atomic E-state index is 13.1. The van der Waals surface area contributed by atoms with Crippen molar-refractivity contribution < 1.29 is 14.3 Å². The van der Waals surface area contributed by atoms with Gasteiger partial charge in [-0.3, -0.25) is 4.79 Å². The number of carbonyl (C=O) groups is 2. The maximum atomic E-state index is 13.1. The topological polar surface area (TPSA) is 46.6 Å². The predicted molar refractivity (Wildman–Crippen MR) is 86.5 cm³/mol. The van der Waals surface area contributed by atoms with Crippen molar-refractivity contribution in [3.05, 3.63) is 65.2 Å². The van der Waals surface area contributed by atoms with Crippen LogP contribution in [0.5, 0.6) is 0 Å². The van der Waals surface area contributed by atoms with Crippen LogP contribution in [0.2, 0.25) is 0 Å². The van der Waals surface area contributed by atoms with E-state index in [1.165, 1.54) is 0 Å². The van der Waals surface area contributed by atoms with Gasteiger partial charge < -0.3 is 9.64 Å². The summed E-state index contributed by atoms with van der Waals surface area (Å²) in [5.74, 6) is -0.569. The zero-order chi connectivity index (χ0) is 16.0. The Morgan fingerprint density at radius 2 is 1.78 bits per heavy atom. The first-order valence-electron chi connectivity index (χ1n) is 7.80. The number of para-hydroxylation sites is 1. The fraction of sp³-hybridized carbons (Fsp3) is 0.263. The Balaban J connectivity index is 1.69. The van der Waals surface area contributed by atoms with Crippen LogP contribution in [0.15, 0.2) is 48.5 Å². The molecule has 0 saturated heterocycles. The van der Waals surface area contributed by atoms with Gasteiger partial charge in [0.2, 0.25) is 0 Å². The Bertz CT molecular complexity index is 814. The summed E-state index contributed by atoms with van der Waals surface area (Å²) in [7, 11) is 0. The number of ether oxygens (including phenoxy) is 1. The number of anilines is 1. The van der Waals surface area contributed by atoms with Gasteiger partial charge in [0.15, 0.2) is 5.60 Å². The number of fused-ring (bicyclic) bond motifs is 2. The highest BCUT2D eigenvalue weighted by Crippen LogP contribution is 2.34. The zero-order valence-corrected chi connectivity index (χ0v) is 12.9. The third-order valence-corrected chi connectivity index (χ3v) is 4.67. The SMILES string of the molecule is CC1(C(=O)N2CCc3ccccc32)Cc2ccccc2C(=O)O1. The molecule has 2 aliphatic heterocycles. The highest BCUT2D eigenvalue weighted by molar-refractivity contribution is 6.04. The lowest BCUT2D eigenvalue weighted by Crippen LogP contribution is -2.53. The molecule has 2 aromatic rings. The van der Waals surface area contributed by atoms with Crippen LogP contribution >= 0.6 is 0 Å². The van der Waals surface area contributed by atoms with Crippen molar-refractivity contribution in [3.8, 4) is 0 Å². The molecular weight excluding hydrogens is 290 g/mol. The summed E-state index contributed by atoms with van der Waals surface area (Å²) >= 11 is 0. The normalized spacial score (nSPS) is 22.3. The second kappa shape index (κ2) is 4.95. The number of carbonyl (C=O) groups excluding carboxylic acids is 2. The molecule has 1 atom stereocenters. The molecule has 0 aliphatic carbocycles. The highest BCUT2D eigenvalue weighted by atomic mass is 16.6. The summed E-state index contributed by atoms with van der Waals surface area (Å²) < 4.78 is 5.56. The largest absolute Gasteiger partial charge is 0.445 e. The number of hydrogen-bond donors (Lipinski definition) is 0. The lowest BCUT2D eigenvalue weighted by molar-refractivity contribution is -0.136. The van der Waals surface area contributed by atoms with E-state index in [4.69, 9.17) is 4.74 Å². The molecule has 0 N–H and O–H groups in total. The first-order valence-corrected chi connectivity index (χ1v) is 7.80. The number of benzene rings is 2. The van der Waals surface area contributed by atoms with Crippen molar-refractivity contribution in [2.45, 2.75) is 25.4 Å². The summed E-state index contributed by atoms with van der Waals surface area (Å²) in [5, 5.41) is 0. The standard InChI is InChI=1S/C19H17NO3/c1-19(12-14-7-2-4-8-15(14)17(21)23-19)18(22)20-11-10-13-6-3-5-9-16(13)20/h2-9H,10-12H2,1H3. The Morgan fingerprint density at radius 1 is 1.09 bits per heavy atom. The van der Waals surface area contributed by atoms with Crippen molar-refractivity contribution in [2.75, 3.05) is 11.4 Å².